The molecule has 1 amide bonds. The molecule has 0 aromatic heterocycles. The molecule has 0 aliphatic carbocycles. The highest BCUT2D eigenvalue weighted by Crippen LogP contribution is 2.31. The number of carbonyl (C=O) groups is 1. The first-order chi connectivity index (χ1) is 9.26. The van der Waals surface area contributed by atoms with Crippen LogP contribution in [-0.2, 0) is 4.74 Å². The molecule has 0 saturated carbocycles. The van der Waals surface area contributed by atoms with E-state index in [0.717, 1.165) is 5.69 Å². The van der Waals surface area contributed by atoms with Crippen molar-refractivity contribution in [3.63, 3.8) is 0 Å². The highest BCUT2D eigenvalue weighted by Gasteiger charge is 2.29. The topological polar surface area (TPSA) is 59.0 Å². The minimum atomic E-state index is -0.360. The van der Waals surface area contributed by atoms with Gasteiger partial charge in [-0.25, -0.2) is 4.79 Å². The van der Waals surface area contributed by atoms with Gasteiger partial charge in [0.25, 0.3) is 0 Å². The minimum Gasteiger partial charge on any atom is -0.492 e. The Kier molecular flexibility index (Phi) is 4.63. The summed E-state index contributed by atoms with van der Waals surface area (Å²) in [6.45, 7) is 3.46. The first kappa shape index (κ1) is 13.7. The number of anilines is 1. The molecule has 5 heteroatoms. The molecule has 1 saturated heterocycles. The van der Waals surface area contributed by atoms with Crippen LogP contribution in [-0.4, -0.2) is 37.6 Å². The van der Waals surface area contributed by atoms with Gasteiger partial charge in [0.2, 0.25) is 0 Å². The molecule has 1 N–H and O–H groups in total. The molecule has 0 radical (unpaired) electrons. The van der Waals surface area contributed by atoms with Crippen LogP contribution in [0.4, 0.5) is 10.5 Å². The SMILES string of the molecule is CCOc1ccccc1N1CC(CCO)COC1=O. The Hall–Kier alpha value is -1.75. The van der Waals surface area contributed by atoms with Gasteiger partial charge in [-0.15, -0.1) is 0 Å². The van der Waals surface area contributed by atoms with E-state index >= 15 is 0 Å². The van der Waals surface area contributed by atoms with Crippen molar-refractivity contribution in [2.24, 2.45) is 5.92 Å². The molecular weight excluding hydrogens is 246 g/mol. The van der Waals surface area contributed by atoms with Crippen molar-refractivity contribution in [3.05, 3.63) is 24.3 Å². The highest BCUT2D eigenvalue weighted by molar-refractivity contribution is 5.90. The molecule has 5 nitrogen and oxygen atoms in total. The maximum atomic E-state index is 11.9. The summed E-state index contributed by atoms with van der Waals surface area (Å²) >= 11 is 0. The molecular formula is C14H19NO4. The summed E-state index contributed by atoms with van der Waals surface area (Å²) in [6, 6.07) is 7.41. The number of para-hydroxylation sites is 2. The molecule has 1 aromatic carbocycles. The number of carbonyl (C=O) groups excluding carboxylic acids is 1. The second-order valence-electron chi connectivity index (χ2n) is 4.47. The van der Waals surface area contributed by atoms with E-state index < -0.39 is 0 Å². The van der Waals surface area contributed by atoms with Crippen LogP contribution >= 0.6 is 0 Å². The van der Waals surface area contributed by atoms with Gasteiger partial charge in [0.15, 0.2) is 0 Å². The predicted molar refractivity (Wildman–Crippen MR) is 71.5 cm³/mol. The number of rotatable bonds is 5. The number of aliphatic hydroxyl groups is 1. The number of hydrogen-bond donors (Lipinski definition) is 1. The Labute approximate surface area is 112 Å². The van der Waals surface area contributed by atoms with Crippen molar-refractivity contribution in [2.45, 2.75) is 13.3 Å². The van der Waals surface area contributed by atoms with E-state index in [9.17, 15) is 4.79 Å². The average molecular weight is 265 g/mol. The van der Waals surface area contributed by atoms with Gasteiger partial charge in [-0.3, -0.25) is 4.90 Å². The van der Waals surface area contributed by atoms with Crippen LogP contribution in [0.25, 0.3) is 0 Å². The van der Waals surface area contributed by atoms with E-state index in [4.69, 9.17) is 14.6 Å². The Morgan fingerprint density at radius 3 is 3.00 bits per heavy atom. The van der Waals surface area contributed by atoms with Crippen LogP contribution in [0.2, 0.25) is 0 Å². The maximum Gasteiger partial charge on any atom is 0.414 e. The second kappa shape index (κ2) is 6.43. The number of hydrogen-bond acceptors (Lipinski definition) is 4. The average Bonchev–Trinajstić information content (AvgIpc) is 2.42. The molecule has 1 aliphatic heterocycles. The number of nitrogens with zero attached hydrogens (tertiary/aromatic N) is 1. The zero-order valence-corrected chi connectivity index (χ0v) is 11.0. The van der Waals surface area contributed by atoms with Crippen molar-refractivity contribution >= 4 is 11.8 Å². The van der Waals surface area contributed by atoms with Crippen LogP contribution in [0.1, 0.15) is 13.3 Å². The number of ether oxygens (including phenoxy) is 2. The van der Waals surface area contributed by atoms with Crippen LogP contribution in [0.5, 0.6) is 5.75 Å². The number of aliphatic hydroxyl groups excluding tert-OH is 1. The summed E-state index contributed by atoms with van der Waals surface area (Å²) in [4.78, 5) is 13.5. The maximum absolute atomic E-state index is 11.9. The molecule has 1 aliphatic rings. The Balaban J connectivity index is 2.20. The summed E-state index contributed by atoms with van der Waals surface area (Å²) in [5.74, 6) is 0.823. The minimum absolute atomic E-state index is 0.100. The lowest BCUT2D eigenvalue weighted by molar-refractivity contribution is 0.104. The third kappa shape index (κ3) is 3.17. The molecule has 1 aromatic rings. The van der Waals surface area contributed by atoms with E-state index in [1.807, 2.05) is 31.2 Å². The van der Waals surface area contributed by atoms with E-state index in [1.165, 1.54) is 0 Å². The zero-order chi connectivity index (χ0) is 13.7. The van der Waals surface area contributed by atoms with Crippen LogP contribution in [0.3, 0.4) is 0 Å². The van der Waals surface area contributed by atoms with Crippen LogP contribution in [0.15, 0.2) is 24.3 Å². The van der Waals surface area contributed by atoms with Gasteiger partial charge in [0, 0.05) is 19.1 Å². The molecule has 0 bridgehead atoms. The Morgan fingerprint density at radius 1 is 1.47 bits per heavy atom. The molecule has 104 valence electrons. The van der Waals surface area contributed by atoms with Crippen molar-refractivity contribution in [2.75, 3.05) is 31.3 Å². The predicted octanol–water partition coefficient (Wildman–Crippen LogP) is 2.04. The lowest BCUT2D eigenvalue weighted by Crippen LogP contribution is -2.43. The fourth-order valence-electron chi connectivity index (χ4n) is 2.16. The normalized spacial score (nSPS) is 19.2. The standard InChI is InChI=1S/C14H19NO4/c1-2-18-13-6-4-3-5-12(13)15-9-11(7-8-16)10-19-14(15)17/h3-6,11,16H,2,7-10H2,1H3. The van der Waals surface area contributed by atoms with Gasteiger partial charge >= 0.3 is 6.09 Å². The number of benzene rings is 1. The molecule has 1 heterocycles. The fourth-order valence-corrected chi connectivity index (χ4v) is 2.16. The quantitative estimate of drug-likeness (QED) is 0.885. The molecule has 1 unspecified atom stereocenters. The third-order valence-electron chi connectivity index (χ3n) is 3.10. The van der Waals surface area contributed by atoms with Crippen molar-refractivity contribution in [1.82, 2.24) is 0 Å². The molecule has 19 heavy (non-hydrogen) atoms. The van der Waals surface area contributed by atoms with Gasteiger partial charge < -0.3 is 14.6 Å². The van der Waals surface area contributed by atoms with Gasteiger partial charge in [-0.05, 0) is 25.5 Å². The molecule has 1 fully saturated rings. The summed E-state index contributed by atoms with van der Waals surface area (Å²) in [6.07, 6.45) is 0.266. The van der Waals surface area contributed by atoms with Crippen molar-refractivity contribution in [1.29, 1.82) is 0 Å². The third-order valence-corrected chi connectivity index (χ3v) is 3.10. The van der Waals surface area contributed by atoms with Gasteiger partial charge in [-0.1, -0.05) is 12.1 Å². The van der Waals surface area contributed by atoms with E-state index in [0.29, 0.717) is 31.9 Å². The van der Waals surface area contributed by atoms with E-state index in [2.05, 4.69) is 0 Å². The Bertz CT molecular complexity index is 435. The van der Waals surface area contributed by atoms with Crippen LogP contribution in [0, 0.1) is 5.92 Å². The zero-order valence-electron chi connectivity index (χ0n) is 11.0. The summed E-state index contributed by atoms with van der Waals surface area (Å²) in [7, 11) is 0. The van der Waals surface area contributed by atoms with E-state index in [1.54, 1.807) is 4.90 Å². The Morgan fingerprint density at radius 2 is 2.26 bits per heavy atom. The number of cyclic esters (lactones) is 1. The van der Waals surface area contributed by atoms with Gasteiger partial charge in [0.1, 0.15) is 5.75 Å². The first-order valence-corrected chi connectivity index (χ1v) is 6.53. The lowest BCUT2D eigenvalue weighted by atomic mass is 10.1. The smallest absolute Gasteiger partial charge is 0.414 e. The molecule has 0 spiro atoms. The fraction of sp³-hybridized carbons (Fsp3) is 0.500. The number of amides is 1. The summed E-state index contributed by atoms with van der Waals surface area (Å²) in [5, 5.41) is 9.00. The van der Waals surface area contributed by atoms with Crippen LogP contribution < -0.4 is 9.64 Å². The van der Waals surface area contributed by atoms with Crippen molar-refractivity contribution < 1.29 is 19.4 Å². The molecule has 1 atom stereocenters. The monoisotopic (exact) mass is 265 g/mol. The summed E-state index contributed by atoms with van der Waals surface area (Å²) in [5.41, 5.74) is 0.719. The van der Waals surface area contributed by atoms with Gasteiger partial charge in [0.05, 0.1) is 18.9 Å². The lowest BCUT2D eigenvalue weighted by Gasteiger charge is -2.32. The largest absolute Gasteiger partial charge is 0.492 e. The molecule has 2 rings (SSSR count). The van der Waals surface area contributed by atoms with E-state index in [-0.39, 0.29) is 18.6 Å². The first-order valence-electron chi connectivity index (χ1n) is 6.53. The second-order valence-corrected chi connectivity index (χ2v) is 4.47. The van der Waals surface area contributed by atoms with Crippen molar-refractivity contribution in [3.8, 4) is 5.75 Å². The summed E-state index contributed by atoms with van der Waals surface area (Å²) < 4.78 is 10.7. The van der Waals surface area contributed by atoms with Gasteiger partial charge in [-0.2, -0.15) is 0 Å². The highest BCUT2D eigenvalue weighted by atomic mass is 16.6.